The monoisotopic (exact) mass is 438 g/mol. The maximum absolute atomic E-state index is 12.6. The van der Waals surface area contributed by atoms with Crippen molar-refractivity contribution >= 4 is 18.0 Å². The van der Waals surface area contributed by atoms with Crippen LogP contribution in [0.15, 0.2) is 48.5 Å². The SMILES string of the molecule is CCC(CC(=O)N(CC)C(C)C(=O)O)NC(=O)OCC1c2ccccc2-c2ccccc21. The topological polar surface area (TPSA) is 95.9 Å². The molecule has 32 heavy (non-hydrogen) atoms. The summed E-state index contributed by atoms with van der Waals surface area (Å²) in [6.07, 6.45) is -0.0398. The number of nitrogens with zero attached hydrogens (tertiary/aromatic N) is 1. The highest BCUT2D eigenvalue weighted by Crippen LogP contribution is 2.44. The Labute approximate surface area is 188 Å². The van der Waals surface area contributed by atoms with Crippen molar-refractivity contribution in [1.29, 1.82) is 0 Å². The molecule has 1 aliphatic carbocycles. The van der Waals surface area contributed by atoms with Crippen LogP contribution in [0.5, 0.6) is 0 Å². The Morgan fingerprint density at radius 3 is 2.09 bits per heavy atom. The molecule has 2 aromatic carbocycles. The summed E-state index contributed by atoms with van der Waals surface area (Å²) in [6, 6.07) is 14.9. The molecule has 2 unspecified atom stereocenters. The molecular formula is C25H30N2O5. The van der Waals surface area contributed by atoms with Crippen molar-refractivity contribution in [2.75, 3.05) is 13.2 Å². The number of aliphatic carboxylic acids is 1. The Kier molecular flexibility index (Phi) is 7.51. The van der Waals surface area contributed by atoms with Gasteiger partial charge in [-0.3, -0.25) is 4.79 Å². The van der Waals surface area contributed by atoms with E-state index in [0.717, 1.165) is 22.3 Å². The summed E-state index contributed by atoms with van der Waals surface area (Å²) in [7, 11) is 0. The predicted molar refractivity (Wildman–Crippen MR) is 121 cm³/mol. The molecule has 0 fully saturated rings. The lowest BCUT2D eigenvalue weighted by molar-refractivity contribution is -0.149. The number of carboxylic acid groups (broad SMARTS) is 1. The quantitative estimate of drug-likeness (QED) is 0.617. The van der Waals surface area contributed by atoms with Crippen molar-refractivity contribution < 1.29 is 24.2 Å². The first kappa shape index (κ1) is 23.3. The molecule has 0 aliphatic heterocycles. The van der Waals surface area contributed by atoms with Crippen LogP contribution in [0.1, 0.15) is 50.7 Å². The Bertz CT molecular complexity index is 944. The molecular weight excluding hydrogens is 408 g/mol. The van der Waals surface area contributed by atoms with Gasteiger partial charge in [-0.15, -0.1) is 0 Å². The van der Waals surface area contributed by atoms with Crippen molar-refractivity contribution in [3.8, 4) is 11.1 Å². The third-order valence-corrected chi connectivity index (χ3v) is 6.07. The number of likely N-dealkylation sites (N-methyl/N-ethyl adjacent to an activating group) is 1. The van der Waals surface area contributed by atoms with Crippen molar-refractivity contribution in [3.63, 3.8) is 0 Å². The summed E-state index contributed by atoms with van der Waals surface area (Å²) in [5.74, 6) is -1.41. The predicted octanol–water partition coefficient (Wildman–Crippen LogP) is 4.02. The van der Waals surface area contributed by atoms with Gasteiger partial charge in [0.15, 0.2) is 0 Å². The largest absolute Gasteiger partial charge is 0.480 e. The number of carboxylic acids is 1. The molecule has 2 N–H and O–H groups in total. The molecule has 7 heteroatoms. The van der Waals surface area contributed by atoms with Crippen LogP contribution in [0.4, 0.5) is 4.79 Å². The second-order valence-electron chi connectivity index (χ2n) is 7.97. The zero-order chi connectivity index (χ0) is 23.3. The Morgan fingerprint density at radius 2 is 1.59 bits per heavy atom. The van der Waals surface area contributed by atoms with Crippen LogP contribution in [-0.2, 0) is 14.3 Å². The van der Waals surface area contributed by atoms with E-state index in [4.69, 9.17) is 4.74 Å². The van der Waals surface area contributed by atoms with Crippen molar-refractivity contribution in [2.24, 2.45) is 0 Å². The molecule has 0 aromatic heterocycles. The first-order chi connectivity index (χ1) is 15.4. The molecule has 7 nitrogen and oxygen atoms in total. The first-order valence-electron chi connectivity index (χ1n) is 11.0. The van der Waals surface area contributed by atoms with E-state index in [9.17, 15) is 19.5 Å². The van der Waals surface area contributed by atoms with Crippen molar-refractivity contribution in [3.05, 3.63) is 59.7 Å². The summed E-state index contributed by atoms with van der Waals surface area (Å²) in [6.45, 7) is 5.55. The highest BCUT2D eigenvalue weighted by molar-refractivity contribution is 5.84. The van der Waals surface area contributed by atoms with Gasteiger partial charge in [0.05, 0.1) is 0 Å². The zero-order valence-electron chi connectivity index (χ0n) is 18.7. The summed E-state index contributed by atoms with van der Waals surface area (Å²) in [4.78, 5) is 37.6. The lowest BCUT2D eigenvalue weighted by atomic mass is 9.98. The molecule has 0 bridgehead atoms. The molecule has 3 rings (SSSR count). The van der Waals surface area contributed by atoms with E-state index in [2.05, 4.69) is 29.6 Å². The maximum Gasteiger partial charge on any atom is 0.407 e. The summed E-state index contributed by atoms with van der Waals surface area (Å²) < 4.78 is 5.56. The van der Waals surface area contributed by atoms with Gasteiger partial charge < -0.3 is 20.1 Å². The lowest BCUT2D eigenvalue weighted by Crippen LogP contribution is -2.46. The van der Waals surface area contributed by atoms with Crippen LogP contribution >= 0.6 is 0 Å². The van der Waals surface area contributed by atoms with Crippen LogP contribution in [0.2, 0.25) is 0 Å². The van der Waals surface area contributed by atoms with Gasteiger partial charge >= 0.3 is 12.1 Å². The maximum atomic E-state index is 12.6. The number of rotatable bonds is 9. The Balaban J connectivity index is 1.60. The van der Waals surface area contributed by atoms with Gasteiger partial charge in [-0.2, -0.15) is 0 Å². The fourth-order valence-corrected chi connectivity index (χ4v) is 4.23. The number of carbonyl (C=O) groups excluding carboxylic acids is 2. The second kappa shape index (κ2) is 10.3. The van der Waals surface area contributed by atoms with E-state index in [1.807, 2.05) is 31.2 Å². The average molecular weight is 439 g/mol. The molecule has 0 saturated heterocycles. The molecule has 2 amide bonds. The van der Waals surface area contributed by atoms with Crippen molar-refractivity contribution in [1.82, 2.24) is 10.2 Å². The van der Waals surface area contributed by atoms with Crippen LogP contribution in [0.3, 0.4) is 0 Å². The highest BCUT2D eigenvalue weighted by atomic mass is 16.5. The first-order valence-corrected chi connectivity index (χ1v) is 11.0. The fourth-order valence-electron chi connectivity index (χ4n) is 4.23. The van der Waals surface area contributed by atoms with Crippen LogP contribution in [0, 0.1) is 0 Å². The normalized spacial score (nSPS) is 14.1. The number of alkyl carbamates (subject to hydrolysis) is 1. The number of fused-ring (bicyclic) bond motifs is 3. The third-order valence-electron chi connectivity index (χ3n) is 6.07. The minimum atomic E-state index is -1.06. The fraction of sp³-hybridized carbons (Fsp3) is 0.400. The van der Waals surface area contributed by atoms with Gasteiger partial charge in [0.25, 0.3) is 0 Å². The standard InChI is InChI=1S/C25H30N2O5/c1-4-17(14-23(28)27(5-2)16(3)24(29)30)26-25(31)32-15-22-20-12-8-6-10-18(20)19-11-7-9-13-21(19)22/h6-13,16-17,22H,4-5,14-15H2,1-3H3,(H,26,31)(H,29,30). The second-order valence-corrected chi connectivity index (χ2v) is 7.97. The zero-order valence-corrected chi connectivity index (χ0v) is 18.7. The molecule has 0 spiro atoms. The minimum absolute atomic E-state index is 0.0200. The van der Waals surface area contributed by atoms with E-state index < -0.39 is 24.1 Å². The summed E-state index contributed by atoms with van der Waals surface area (Å²) >= 11 is 0. The van der Waals surface area contributed by atoms with Crippen molar-refractivity contribution in [2.45, 2.75) is 51.6 Å². The number of hydrogen-bond donors (Lipinski definition) is 2. The van der Waals surface area contributed by atoms with E-state index in [-0.39, 0.29) is 31.4 Å². The Hall–Kier alpha value is -3.35. The molecule has 0 radical (unpaired) electrons. The Morgan fingerprint density at radius 1 is 1.03 bits per heavy atom. The molecule has 0 saturated carbocycles. The number of carbonyl (C=O) groups is 3. The number of ether oxygens (including phenoxy) is 1. The molecule has 2 atom stereocenters. The van der Waals surface area contributed by atoms with E-state index in [0.29, 0.717) is 6.42 Å². The third kappa shape index (κ3) is 4.93. The van der Waals surface area contributed by atoms with E-state index >= 15 is 0 Å². The van der Waals surface area contributed by atoms with Gasteiger partial charge in [-0.1, -0.05) is 55.5 Å². The smallest absolute Gasteiger partial charge is 0.407 e. The van der Waals surface area contributed by atoms with E-state index in [1.165, 1.54) is 11.8 Å². The molecule has 2 aromatic rings. The lowest BCUT2D eigenvalue weighted by Gasteiger charge is -2.27. The number of hydrogen-bond acceptors (Lipinski definition) is 4. The van der Waals surface area contributed by atoms with Gasteiger partial charge in [0.2, 0.25) is 5.91 Å². The molecule has 0 heterocycles. The average Bonchev–Trinajstić information content (AvgIpc) is 3.11. The van der Waals surface area contributed by atoms with Gasteiger partial charge in [0, 0.05) is 24.9 Å². The number of amides is 2. The molecule has 1 aliphatic rings. The van der Waals surface area contributed by atoms with Crippen LogP contribution in [0.25, 0.3) is 11.1 Å². The highest BCUT2D eigenvalue weighted by Gasteiger charge is 2.30. The summed E-state index contributed by atoms with van der Waals surface area (Å²) in [5.41, 5.74) is 4.57. The number of nitrogens with one attached hydrogen (secondary N) is 1. The number of benzene rings is 2. The van der Waals surface area contributed by atoms with E-state index in [1.54, 1.807) is 6.92 Å². The summed E-state index contributed by atoms with van der Waals surface area (Å²) in [5, 5.41) is 12.0. The molecule has 170 valence electrons. The van der Waals surface area contributed by atoms with Gasteiger partial charge in [-0.25, -0.2) is 9.59 Å². The van der Waals surface area contributed by atoms with Gasteiger partial charge in [-0.05, 0) is 42.5 Å². The van der Waals surface area contributed by atoms with Crippen LogP contribution < -0.4 is 5.32 Å². The minimum Gasteiger partial charge on any atom is -0.480 e. The van der Waals surface area contributed by atoms with Gasteiger partial charge in [0.1, 0.15) is 12.6 Å². The van der Waals surface area contributed by atoms with Crippen LogP contribution in [-0.4, -0.2) is 53.2 Å².